The van der Waals surface area contributed by atoms with Gasteiger partial charge in [0.05, 0.1) is 0 Å². The average Bonchev–Trinajstić information content (AvgIpc) is 2.19. The first-order valence-corrected chi connectivity index (χ1v) is 6.26. The molecule has 0 aromatic heterocycles. The SMILES string of the molecule is C=C(C)[C@@H]1CC[C@@H](C)[C@@H]2CC(=O)CC[C@H]21. The summed E-state index contributed by atoms with van der Waals surface area (Å²) in [4.78, 5) is 11.5. The van der Waals surface area contributed by atoms with Crippen LogP contribution in [0.15, 0.2) is 12.2 Å². The zero-order chi connectivity index (χ0) is 11.0. The number of Topliss-reactive ketones (excluding diaryl/α,β-unsaturated/α-hetero) is 1. The first-order chi connectivity index (χ1) is 7.09. The highest BCUT2D eigenvalue weighted by molar-refractivity contribution is 5.79. The van der Waals surface area contributed by atoms with Gasteiger partial charge in [-0.15, -0.1) is 0 Å². The standard InChI is InChI=1S/C14H22O/c1-9(2)12-6-4-10(3)14-8-11(15)5-7-13(12)14/h10,12-14H,1,4-8H2,2-3H3/t10-,12+,13+,14+/m1/s1. The minimum atomic E-state index is 0.491. The molecule has 2 aliphatic carbocycles. The Morgan fingerprint density at radius 2 is 2.00 bits per heavy atom. The van der Waals surface area contributed by atoms with E-state index in [0.717, 1.165) is 31.1 Å². The van der Waals surface area contributed by atoms with Crippen molar-refractivity contribution in [3.05, 3.63) is 12.2 Å². The van der Waals surface area contributed by atoms with E-state index in [1.54, 1.807) is 0 Å². The van der Waals surface area contributed by atoms with E-state index in [4.69, 9.17) is 0 Å². The molecule has 84 valence electrons. The molecule has 4 atom stereocenters. The van der Waals surface area contributed by atoms with Gasteiger partial charge in [-0.3, -0.25) is 4.79 Å². The molecule has 0 saturated heterocycles. The predicted molar refractivity (Wildman–Crippen MR) is 62.5 cm³/mol. The molecular weight excluding hydrogens is 184 g/mol. The minimum Gasteiger partial charge on any atom is -0.300 e. The Kier molecular flexibility index (Phi) is 2.99. The normalized spacial score (nSPS) is 41.1. The zero-order valence-electron chi connectivity index (χ0n) is 9.96. The number of ketones is 1. The molecular formula is C14H22O. The van der Waals surface area contributed by atoms with E-state index in [9.17, 15) is 4.79 Å². The molecule has 0 unspecified atom stereocenters. The fourth-order valence-corrected chi connectivity index (χ4v) is 3.66. The Morgan fingerprint density at radius 1 is 1.27 bits per heavy atom. The molecule has 1 heteroatoms. The third kappa shape index (κ3) is 2.02. The number of rotatable bonds is 1. The lowest BCUT2D eigenvalue weighted by Gasteiger charge is -2.44. The Hall–Kier alpha value is -0.590. The van der Waals surface area contributed by atoms with Gasteiger partial charge in [-0.25, -0.2) is 0 Å². The molecule has 2 rings (SSSR count). The van der Waals surface area contributed by atoms with E-state index in [1.165, 1.54) is 18.4 Å². The summed E-state index contributed by atoms with van der Waals surface area (Å²) < 4.78 is 0. The highest BCUT2D eigenvalue weighted by Gasteiger charge is 2.40. The van der Waals surface area contributed by atoms with E-state index in [0.29, 0.717) is 17.6 Å². The second kappa shape index (κ2) is 4.11. The van der Waals surface area contributed by atoms with Gasteiger partial charge in [0.1, 0.15) is 5.78 Å². The van der Waals surface area contributed by atoms with Gasteiger partial charge < -0.3 is 0 Å². The third-order valence-corrected chi connectivity index (χ3v) is 4.58. The van der Waals surface area contributed by atoms with Crippen molar-refractivity contribution in [3.8, 4) is 0 Å². The molecule has 0 amide bonds. The lowest BCUT2D eigenvalue weighted by atomic mass is 9.60. The predicted octanol–water partition coefficient (Wildman–Crippen LogP) is 3.59. The van der Waals surface area contributed by atoms with E-state index >= 15 is 0 Å². The lowest BCUT2D eigenvalue weighted by Crippen LogP contribution is -2.38. The second-order valence-corrected chi connectivity index (χ2v) is 5.62. The van der Waals surface area contributed by atoms with E-state index in [2.05, 4.69) is 20.4 Å². The second-order valence-electron chi connectivity index (χ2n) is 5.62. The molecule has 0 radical (unpaired) electrons. The number of hydrogen-bond donors (Lipinski definition) is 0. The Bertz CT molecular complexity index is 279. The van der Waals surface area contributed by atoms with E-state index in [1.807, 2.05) is 0 Å². The van der Waals surface area contributed by atoms with Crippen LogP contribution in [0.25, 0.3) is 0 Å². The van der Waals surface area contributed by atoms with Crippen LogP contribution < -0.4 is 0 Å². The van der Waals surface area contributed by atoms with E-state index in [-0.39, 0.29) is 0 Å². The molecule has 2 saturated carbocycles. The maximum Gasteiger partial charge on any atom is 0.133 e. The minimum absolute atomic E-state index is 0.491. The van der Waals surface area contributed by atoms with Crippen molar-refractivity contribution in [2.75, 3.05) is 0 Å². The van der Waals surface area contributed by atoms with Crippen molar-refractivity contribution in [1.82, 2.24) is 0 Å². The number of fused-ring (bicyclic) bond motifs is 1. The van der Waals surface area contributed by atoms with Gasteiger partial charge in [-0.2, -0.15) is 0 Å². The molecule has 15 heavy (non-hydrogen) atoms. The maximum absolute atomic E-state index is 11.5. The zero-order valence-corrected chi connectivity index (χ0v) is 9.96. The van der Waals surface area contributed by atoms with Crippen LogP contribution in [0.5, 0.6) is 0 Å². The molecule has 1 nitrogen and oxygen atoms in total. The van der Waals surface area contributed by atoms with Gasteiger partial charge in [-0.05, 0) is 49.9 Å². The molecule has 0 aliphatic heterocycles. The van der Waals surface area contributed by atoms with Crippen molar-refractivity contribution in [2.24, 2.45) is 23.7 Å². The molecule has 0 spiro atoms. The first kappa shape index (κ1) is 10.9. The van der Waals surface area contributed by atoms with Crippen LogP contribution in [0.4, 0.5) is 0 Å². The van der Waals surface area contributed by atoms with Gasteiger partial charge >= 0.3 is 0 Å². The number of carbonyl (C=O) groups is 1. The summed E-state index contributed by atoms with van der Waals surface area (Å²) in [6, 6.07) is 0. The molecule has 0 heterocycles. The fraction of sp³-hybridized carbons (Fsp3) is 0.786. The third-order valence-electron chi connectivity index (χ3n) is 4.58. The van der Waals surface area contributed by atoms with Crippen molar-refractivity contribution >= 4 is 5.78 Å². The number of carbonyl (C=O) groups excluding carboxylic acids is 1. The van der Waals surface area contributed by atoms with Crippen LogP contribution in [0.3, 0.4) is 0 Å². The Morgan fingerprint density at radius 3 is 2.67 bits per heavy atom. The summed E-state index contributed by atoms with van der Waals surface area (Å²) in [5.41, 5.74) is 1.34. The average molecular weight is 206 g/mol. The monoisotopic (exact) mass is 206 g/mol. The summed E-state index contributed by atoms with van der Waals surface area (Å²) in [7, 11) is 0. The Balaban J connectivity index is 2.16. The van der Waals surface area contributed by atoms with Crippen LogP contribution in [-0.2, 0) is 4.79 Å². The summed E-state index contributed by atoms with van der Waals surface area (Å²) >= 11 is 0. The largest absolute Gasteiger partial charge is 0.300 e. The molecule has 0 aromatic carbocycles. The molecule has 2 fully saturated rings. The van der Waals surface area contributed by atoms with Gasteiger partial charge in [0, 0.05) is 12.8 Å². The van der Waals surface area contributed by atoms with Crippen LogP contribution in [-0.4, -0.2) is 5.78 Å². The molecule has 2 aliphatic rings. The van der Waals surface area contributed by atoms with Crippen molar-refractivity contribution in [3.63, 3.8) is 0 Å². The van der Waals surface area contributed by atoms with Gasteiger partial charge in [0.15, 0.2) is 0 Å². The first-order valence-electron chi connectivity index (χ1n) is 6.26. The smallest absolute Gasteiger partial charge is 0.133 e. The van der Waals surface area contributed by atoms with Gasteiger partial charge in [0.25, 0.3) is 0 Å². The molecule has 0 N–H and O–H groups in total. The van der Waals surface area contributed by atoms with Crippen LogP contribution in [0.1, 0.15) is 46.0 Å². The topological polar surface area (TPSA) is 17.1 Å². The highest BCUT2D eigenvalue weighted by atomic mass is 16.1. The summed E-state index contributed by atoms with van der Waals surface area (Å²) in [5, 5.41) is 0. The fourth-order valence-electron chi connectivity index (χ4n) is 3.66. The van der Waals surface area contributed by atoms with Crippen LogP contribution >= 0.6 is 0 Å². The maximum atomic E-state index is 11.5. The molecule has 0 aromatic rings. The Labute approximate surface area is 92.9 Å². The summed E-state index contributed by atoms with van der Waals surface area (Å²) in [6.07, 6.45) is 5.36. The van der Waals surface area contributed by atoms with E-state index < -0.39 is 0 Å². The van der Waals surface area contributed by atoms with Crippen molar-refractivity contribution in [2.45, 2.75) is 46.0 Å². The summed E-state index contributed by atoms with van der Waals surface area (Å²) in [6.45, 7) is 8.61. The highest BCUT2D eigenvalue weighted by Crippen LogP contribution is 2.47. The van der Waals surface area contributed by atoms with Crippen molar-refractivity contribution < 1.29 is 4.79 Å². The van der Waals surface area contributed by atoms with Crippen LogP contribution in [0.2, 0.25) is 0 Å². The van der Waals surface area contributed by atoms with Crippen molar-refractivity contribution in [1.29, 1.82) is 0 Å². The molecule has 0 bridgehead atoms. The number of hydrogen-bond acceptors (Lipinski definition) is 1. The number of allylic oxidation sites excluding steroid dienone is 1. The van der Waals surface area contributed by atoms with Gasteiger partial charge in [0.2, 0.25) is 0 Å². The quantitative estimate of drug-likeness (QED) is 0.599. The lowest BCUT2D eigenvalue weighted by molar-refractivity contribution is -0.124. The summed E-state index contributed by atoms with van der Waals surface area (Å²) in [5.74, 6) is 3.34. The van der Waals surface area contributed by atoms with Gasteiger partial charge in [-0.1, -0.05) is 19.1 Å². The van der Waals surface area contributed by atoms with Crippen LogP contribution in [0, 0.1) is 23.7 Å².